The van der Waals surface area contributed by atoms with Crippen molar-refractivity contribution in [1.82, 2.24) is 0 Å². The molecule has 1 atom stereocenters. The second kappa shape index (κ2) is 5.38. The van der Waals surface area contributed by atoms with E-state index in [0.717, 1.165) is 13.1 Å². The summed E-state index contributed by atoms with van der Waals surface area (Å²) in [7, 11) is 0. The van der Waals surface area contributed by atoms with Gasteiger partial charge in [0.1, 0.15) is 0 Å². The fourth-order valence-corrected chi connectivity index (χ4v) is 2.57. The molecular weight excluding hydrogens is 232 g/mol. The topological polar surface area (TPSA) is 29.3 Å². The van der Waals surface area contributed by atoms with Crippen molar-refractivity contribution in [2.75, 3.05) is 18.0 Å². The van der Waals surface area contributed by atoms with Gasteiger partial charge in [-0.15, -0.1) is 0 Å². The molecule has 1 aromatic carbocycles. The van der Waals surface area contributed by atoms with Gasteiger partial charge < -0.3 is 10.6 Å². The van der Waals surface area contributed by atoms with Crippen LogP contribution in [0.3, 0.4) is 0 Å². The highest BCUT2D eigenvalue weighted by atomic mass is 15.1. The van der Waals surface area contributed by atoms with Crippen LogP contribution in [0.5, 0.6) is 0 Å². The third kappa shape index (κ3) is 3.38. The zero-order valence-corrected chi connectivity index (χ0v) is 12.6. The largest absolute Gasteiger partial charge is 0.367 e. The number of benzene rings is 1. The van der Waals surface area contributed by atoms with Crippen molar-refractivity contribution < 1.29 is 0 Å². The number of hydrogen-bond acceptors (Lipinski definition) is 2. The molecule has 0 fully saturated rings. The van der Waals surface area contributed by atoms with Crippen LogP contribution in [-0.4, -0.2) is 13.1 Å². The molecule has 1 aliphatic heterocycles. The van der Waals surface area contributed by atoms with Gasteiger partial charge in [-0.1, -0.05) is 44.6 Å². The zero-order chi connectivity index (χ0) is 14.0. The Labute approximate surface area is 117 Å². The van der Waals surface area contributed by atoms with Crippen molar-refractivity contribution in [3.63, 3.8) is 0 Å². The van der Waals surface area contributed by atoms with Crippen molar-refractivity contribution in [2.45, 2.75) is 40.2 Å². The van der Waals surface area contributed by atoms with Gasteiger partial charge in [0.2, 0.25) is 0 Å². The Bertz CT molecular complexity index is 449. The van der Waals surface area contributed by atoms with Crippen LogP contribution in [0.25, 0.3) is 0 Å². The van der Waals surface area contributed by atoms with Crippen LogP contribution >= 0.6 is 0 Å². The molecule has 0 saturated heterocycles. The van der Waals surface area contributed by atoms with E-state index < -0.39 is 0 Å². The summed E-state index contributed by atoms with van der Waals surface area (Å²) < 4.78 is 0. The lowest BCUT2D eigenvalue weighted by Crippen LogP contribution is -2.31. The van der Waals surface area contributed by atoms with E-state index in [-0.39, 0.29) is 6.04 Å². The first-order valence-electron chi connectivity index (χ1n) is 7.18. The van der Waals surface area contributed by atoms with E-state index in [1.165, 1.54) is 17.7 Å². The minimum Gasteiger partial charge on any atom is -0.367 e. The molecule has 2 heteroatoms. The number of nitrogens with zero attached hydrogens (tertiary/aromatic N) is 1. The summed E-state index contributed by atoms with van der Waals surface area (Å²) in [5.41, 5.74) is 10.3. The molecule has 2 rings (SSSR count). The monoisotopic (exact) mass is 258 g/mol. The first-order chi connectivity index (χ1) is 8.88. The van der Waals surface area contributed by atoms with Crippen molar-refractivity contribution in [2.24, 2.45) is 11.1 Å². The maximum absolute atomic E-state index is 5.89. The summed E-state index contributed by atoms with van der Waals surface area (Å²) >= 11 is 0. The molecule has 19 heavy (non-hydrogen) atoms. The second-order valence-electron chi connectivity index (χ2n) is 6.56. The van der Waals surface area contributed by atoms with Gasteiger partial charge in [-0.3, -0.25) is 0 Å². The Morgan fingerprint density at radius 3 is 2.21 bits per heavy atom. The van der Waals surface area contributed by atoms with Crippen LogP contribution in [0, 0.1) is 5.41 Å². The molecule has 0 saturated carbocycles. The number of nitrogens with two attached hydrogens (primary N) is 1. The smallest absolute Gasteiger partial charge is 0.0369 e. The van der Waals surface area contributed by atoms with E-state index in [4.69, 9.17) is 5.73 Å². The summed E-state index contributed by atoms with van der Waals surface area (Å²) in [6.45, 7) is 11.0. The molecule has 2 nitrogen and oxygen atoms in total. The van der Waals surface area contributed by atoms with Gasteiger partial charge in [0.05, 0.1) is 0 Å². The first kappa shape index (κ1) is 14.1. The average Bonchev–Trinajstić information content (AvgIpc) is 2.38. The molecule has 1 heterocycles. The van der Waals surface area contributed by atoms with Gasteiger partial charge in [0, 0.05) is 24.8 Å². The summed E-state index contributed by atoms with van der Waals surface area (Å²) in [6, 6.07) is 8.78. The van der Waals surface area contributed by atoms with E-state index in [9.17, 15) is 0 Å². The molecular formula is C17H26N2. The Hall–Kier alpha value is -1.28. The van der Waals surface area contributed by atoms with Crippen LogP contribution in [0.15, 0.2) is 35.9 Å². The lowest BCUT2D eigenvalue weighted by molar-refractivity contribution is 0.472. The lowest BCUT2D eigenvalue weighted by atomic mass is 9.83. The fourth-order valence-electron chi connectivity index (χ4n) is 2.57. The van der Waals surface area contributed by atoms with Gasteiger partial charge in [-0.05, 0) is 36.5 Å². The van der Waals surface area contributed by atoms with Gasteiger partial charge in [-0.25, -0.2) is 0 Å². The van der Waals surface area contributed by atoms with Crippen LogP contribution in [-0.2, 0) is 0 Å². The van der Waals surface area contributed by atoms with Crippen LogP contribution in [0.4, 0.5) is 5.69 Å². The number of hydrogen-bond donors (Lipinski definition) is 1. The minimum absolute atomic E-state index is 0.114. The van der Waals surface area contributed by atoms with Gasteiger partial charge in [0.15, 0.2) is 0 Å². The molecule has 0 amide bonds. The van der Waals surface area contributed by atoms with E-state index in [0.29, 0.717) is 5.41 Å². The minimum atomic E-state index is 0.114. The first-order valence-corrected chi connectivity index (χ1v) is 7.18. The standard InChI is InChI=1S/C17H26N2/c1-13(18)14-5-7-16(8-6-14)19-11-9-15(10-12-19)17(2,3)4/h5-9,13H,10-12,18H2,1-4H3/t13-/m1/s1. The maximum atomic E-state index is 5.89. The summed E-state index contributed by atoms with van der Waals surface area (Å²) in [6.07, 6.45) is 3.56. The highest BCUT2D eigenvalue weighted by Crippen LogP contribution is 2.31. The van der Waals surface area contributed by atoms with Gasteiger partial charge >= 0.3 is 0 Å². The Morgan fingerprint density at radius 2 is 1.79 bits per heavy atom. The molecule has 0 aromatic heterocycles. The Kier molecular flexibility index (Phi) is 4.00. The molecule has 0 spiro atoms. The van der Waals surface area contributed by atoms with E-state index in [1.54, 1.807) is 5.57 Å². The maximum Gasteiger partial charge on any atom is 0.0369 e. The Morgan fingerprint density at radius 1 is 1.16 bits per heavy atom. The fraction of sp³-hybridized carbons (Fsp3) is 0.529. The van der Waals surface area contributed by atoms with Crippen molar-refractivity contribution >= 4 is 5.69 Å². The summed E-state index contributed by atoms with van der Waals surface area (Å²) in [5.74, 6) is 0. The predicted octanol–water partition coefficient (Wildman–Crippen LogP) is 3.89. The molecule has 2 N–H and O–H groups in total. The van der Waals surface area contributed by atoms with Crippen molar-refractivity contribution in [1.29, 1.82) is 0 Å². The normalized spacial score (nSPS) is 18.2. The third-order valence-electron chi connectivity index (χ3n) is 3.96. The van der Waals surface area contributed by atoms with Gasteiger partial charge in [0.25, 0.3) is 0 Å². The molecule has 1 aromatic rings. The summed E-state index contributed by atoms with van der Waals surface area (Å²) in [4.78, 5) is 2.43. The average molecular weight is 258 g/mol. The third-order valence-corrected chi connectivity index (χ3v) is 3.96. The van der Waals surface area contributed by atoms with Crippen molar-refractivity contribution in [3.05, 3.63) is 41.5 Å². The lowest BCUT2D eigenvalue weighted by Gasteiger charge is -2.33. The zero-order valence-electron chi connectivity index (χ0n) is 12.6. The van der Waals surface area contributed by atoms with Crippen LogP contribution in [0.2, 0.25) is 0 Å². The molecule has 0 radical (unpaired) electrons. The van der Waals surface area contributed by atoms with E-state index in [1.807, 2.05) is 6.92 Å². The van der Waals surface area contributed by atoms with Crippen LogP contribution < -0.4 is 10.6 Å². The van der Waals surface area contributed by atoms with E-state index in [2.05, 4.69) is 56.0 Å². The molecule has 0 bridgehead atoms. The predicted molar refractivity (Wildman–Crippen MR) is 83.4 cm³/mol. The second-order valence-corrected chi connectivity index (χ2v) is 6.56. The highest BCUT2D eigenvalue weighted by molar-refractivity contribution is 5.49. The van der Waals surface area contributed by atoms with Crippen molar-refractivity contribution in [3.8, 4) is 0 Å². The number of anilines is 1. The number of rotatable bonds is 2. The van der Waals surface area contributed by atoms with E-state index >= 15 is 0 Å². The molecule has 0 unspecified atom stereocenters. The molecule has 1 aliphatic rings. The van der Waals surface area contributed by atoms with Gasteiger partial charge in [-0.2, -0.15) is 0 Å². The quantitative estimate of drug-likeness (QED) is 0.815. The summed E-state index contributed by atoms with van der Waals surface area (Å²) in [5, 5.41) is 0. The molecule has 0 aliphatic carbocycles. The molecule has 104 valence electrons. The SMILES string of the molecule is C[C@@H](N)c1ccc(N2CC=C(C(C)(C)C)CC2)cc1. The Balaban J connectivity index is 2.07. The highest BCUT2D eigenvalue weighted by Gasteiger charge is 2.21. The van der Waals surface area contributed by atoms with Crippen LogP contribution in [0.1, 0.15) is 45.7 Å².